The van der Waals surface area contributed by atoms with E-state index in [1.165, 1.54) is 24.5 Å². The summed E-state index contributed by atoms with van der Waals surface area (Å²) in [6.07, 6.45) is 3.59. The van der Waals surface area contributed by atoms with Gasteiger partial charge >= 0.3 is 0 Å². The van der Waals surface area contributed by atoms with Crippen LogP contribution in [-0.4, -0.2) is 33.9 Å². The first-order valence-electron chi connectivity index (χ1n) is 9.39. The molecule has 2 aromatic carbocycles. The molecule has 0 radical (unpaired) electrons. The van der Waals surface area contributed by atoms with E-state index in [4.69, 9.17) is 23.2 Å². The molecule has 1 unspecified atom stereocenters. The van der Waals surface area contributed by atoms with Crippen LogP contribution in [0.2, 0.25) is 10.0 Å². The van der Waals surface area contributed by atoms with Crippen LogP contribution in [0, 0.1) is 5.82 Å². The number of anilines is 2. The lowest BCUT2D eigenvalue weighted by Gasteiger charge is -2.25. The molecule has 1 fully saturated rings. The maximum atomic E-state index is 14.5. The van der Waals surface area contributed by atoms with Crippen molar-refractivity contribution in [2.75, 3.05) is 18.4 Å². The Morgan fingerprint density at radius 2 is 2.10 bits per heavy atom. The topological polar surface area (TPSA) is 58.1 Å². The maximum Gasteiger partial charge on any atom is 0.245 e. The summed E-state index contributed by atoms with van der Waals surface area (Å²) in [6, 6.07) is 8.95. The van der Waals surface area contributed by atoms with Gasteiger partial charge in [0.05, 0.1) is 21.2 Å². The molecule has 1 N–H and O–H groups in total. The van der Waals surface area contributed by atoms with E-state index in [1.54, 1.807) is 4.90 Å². The molecule has 1 amide bonds. The smallest absolute Gasteiger partial charge is 0.245 e. The molecule has 1 aromatic heterocycles. The van der Waals surface area contributed by atoms with Crippen molar-refractivity contribution in [3.8, 4) is 0 Å². The Balaban J connectivity index is 1.72. The van der Waals surface area contributed by atoms with Crippen molar-refractivity contribution < 1.29 is 9.18 Å². The SMILES string of the molecule is C=CC(=O)N1CCC(C)(c2ccc3ncnc(Nc4ccc(Cl)c(Cl)c4F)c3c2)C1. The first-order chi connectivity index (χ1) is 14.3. The van der Waals surface area contributed by atoms with Gasteiger partial charge in [0.2, 0.25) is 5.91 Å². The van der Waals surface area contributed by atoms with E-state index in [2.05, 4.69) is 28.8 Å². The first kappa shape index (κ1) is 20.6. The van der Waals surface area contributed by atoms with Crippen LogP contribution in [0.3, 0.4) is 0 Å². The predicted molar refractivity (Wildman–Crippen MR) is 118 cm³/mol. The molecular formula is C22H19Cl2FN4O. The van der Waals surface area contributed by atoms with Crippen molar-refractivity contribution in [1.29, 1.82) is 0 Å². The van der Waals surface area contributed by atoms with Gasteiger partial charge in [0.1, 0.15) is 12.1 Å². The summed E-state index contributed by atoms with van der Waals surface area (Å²) >= 11 is 11.8. The molecule has 1 saturated heterocycles. The Kier molecular flexibility index (Phi) is 5.38. The number of hydrogen-bond acceptors (Lipinski definition) is 4. The van der Waals surface area contributed by atoms with Gasteiger partial charge in [0, 0.05) is 23.9 Å². The van der Waals surface area contributed by atoms with Crippen LogP contribution in [-0.2, 0) is 10.2 Å². The van der Waals surface area contributed by atoms with Crippen LogP contribution in [0.15, 0.2) is 49.3 Å². The summed E-state index contributed by atoms with van der Waals surface area (Å²) in [4.78, 5) is 22.4. The predicted octanol–water partition coefficient (Wildman–Crippen LogP) is 5.50. The van der Waals surface area contributed by atoms with Gasteiger partial charge in [-0.2, -0.15) is 0 Å². The molecule has 0 bridgehead atoms. The van der Waals surface area contributed by atoms with E-state index >= 15 is 0 Å². The number of carbonyl (C=O) groups excluding carboxylic acids is 1. The van der Waals surface area contributed by atoms with Crippen LogP contribution >= 0.6 is 23.2 Å². The Labute approximate surface area is 183 Å². The van der Waals surface area contributed by atoms with Crippen LogP contribution in [0.1, 0.15) is 18.9 Å². The minimum absolute atomic E-state index is 0.0692. The number of likely N-dealkylation sites (tertiary alicyclic amines) is 1. The van der Waals surface area contributed by atoms with Crippen molar-refractivity contribution in [2.45, 2.75) is 18.8 Å². The van der Waals surface area contributed by atoms with Crippen LogP contribution in [0.4, 0.5) is 15.9 Å². The number of halogens is 3. The summed E-state index contributed by atoms with van der Waals surface area (Å²) < 4.78 is 14.5. The van der Waals surface area contributed by atoms with Gasteiger partial charge < -0.3 is 10.2 Å². The first-order valence-corrected chi connectivity index (χ1v) is 10.1. The fourth-order valence-electron chi connectivity index (χ4n) is 3.80. The number of fused-ring (bicyclic) bond motifs is 1. The Morgan fingerprint density at radius 3 is 2.87 bits per heavy atom. The molecule has 30 heavy (non-hydrogen) atoms. The zero-order valence-corrected chi connectivity index (χ0v) is 17.8. The fourth-order valence-corrected chi connectivity index (χ4v) is 4.11. The highest BCUT2D eigenvalue weighted by Crippen LogP contribution is 2.37. The molecule has 0 aliphatic carbocycles. The molecule has 2 heterocycles. The van der Waals surface area contributed by atoms with E-state index < -0.39 is 5.82 Å². The number of rotatable bonds is 4. The van der Waals surface area contributed by atoms with Crippen molar-refractivity contribution in [1.82, 2.24) is 14.9 Å². The Bertz CT molecular complexity index is 1170. The minimum Gasteiger partial charge on any atom is -0.338 e. The Morgan fingerprint density at radius 1 is 1.30 bits per heavy atom. The lowest BCUT2D eigenvalue weighted by Crippen LogP contribution is -2.31. The summed E-state index contributed by atoms with van der Waals surface area (Å²) in [5.41, 5.74) is 1.73. The largest absolute Gasteiger partial charge is 0.338 e. The summed E-state index contributed by atoms with van der Waals surface area (Å²) in [5, 5.41) is 3.74. The number of carbonyl (C=O) groups is 1. The summed E-state index contributed by atoms with van der Waals surface area (Å²) in [7, 11) is 0. The zero-order chi connectivity index (χ0) is 21.5. The van der Waals surface area contributed by atoms with Crippen LogP contribution in [0.5, 0.6) is 0 Å². The van der Waals surface area contributed by atoms with Gasteiger partial charge in [-0.3, -0.25) is 4.79 Å². The van der Waals surface area contributed by atoms with E-state index in [9.17, 15) is 9.18 Å². The molecule has 1 aliphatic heterocycles. The standard InChI is InChI=1S/C22H19Cl2FN4O/c1-3-18(30)29-9-8-22(2,11-29)13-4-6-16-14(10-13)21(27-12-26-16)28-17-7-5-15(23)19(24)20(17)25/h3-7,10,12H,1,8-9,11H2,2H3,(H,26,27,28). The lowest BCUT2D eigenvalue weighted by atomic mass is 9.81. The lowest BCUT2D eigenvalue weighted by molar-refractivity contribution is -0.125. The molecule has 1 aliphatic rings. The van der Waals surface area contributed by atoms with Gasteiger partial charge in [-0.05, 0) is 42.3 Å². The van der Waals surface area contributed by atoms with Crippen molar-refractivity contribution in [3.05, 3.63) is 70.7 Å². The number of benzene rings is 2. The number of nitrogens with zero attached hydrogens (tertiary/aromatic N) is 3. The number of amides is 1. The molecule has 4 rings (SSSR count). The van der Waals surface area contributed by atoms with E-state index in [0.717, 1.165) is 22.9 Å². The Hall–Kier alpha value is -2.70. The van der Waals surface area contributed by atoms with E-state index in [0.29, 0.717) is 18.9 Å². The average molecular weight is 445 g/mol. The van der Waals surface area contributed by atoms with Gasteiger partial charge in [0.15, 0.2) is 5.82 Å². The second-order valence-corrected chi connectivity index (χ2v) is 8.36. The quantitative estimate of drug-likeness (QED) is 0.426. The highest BCUT2D eigenvalue weighted by atomic mass is 35.5. The van der Waals surface area contributed by atoms with E-state index in [-0.39, 0.29) is 27.1 Å². The molecule has 5 nitrogen and oxygen atoms in total. The van der Waals surface area contributed by atoms with Gasteiger partial charge in [0.25, 0.3) is 0 Å². The monoisotopic (exact) mass is 444 g/mol. The molecule has 1 atom stereocenters. The van der Waals surface area contributed by atoms with Crippen LogP contribution < -0.4 is 5.32 Å². The van der Waals surface area contributed by atoms with Crippen molar-refractivity contribution in [3.63, 3.8) is 0 Å². The summed E-state index contributed by atoms with van der Waals surface area (Å²) in [5.74, 6) is -0.256. The van der Waals surface area contributed by atoms with Gasteiger partial charge in [-0.25, -0.2) is 14.4 Å². The van der Waals surface area contributed by atoms with Crippen molar-refractivity contribution >= 4 is 51.5 Å². The van der Waals surface area contributed by atoms with Crippen LogP contribution in [0.25, 0.3) is 10.9 Å². The fraction of sp³-hybridized carbons (Fsp3) is 0.227. The van der Waals surface area contributed by atoms with E-state index in [1.807, 2.05) is 18.2 Å². The average Bonchev–Trinajstić information content (AvgIpc) is 3.17. The molecule has 8 heteroatoms. The van der Waals surface area contributed by atoms with Gasteiger partial charge in [-0.15, -0.1) is 0 Å². The maximum absolute atomic E-state index is 14.5. The van der Waals surface area contributed by atoms with Crippen molar-refractivity contribution in [2.24, 2.45) is 0 Å². The minimum atomic E-state index is -0.645. The number of nitrogens with one attached hydrogen (secondary N) is 1. The second-order valence-electron chi connectivity index (χ2n) is 7.58. The number of aromatic nitrogens is 2. The highest BCUT2D eigenvalue weighted by Gasteiger charge is 2.37. The third kappa shape index (κ3) is 3.61. The zero-order valence-electron chi connectivity index (χ0n) is 16.3. The molecule has 154 valence electrons. The summed E-state index contributed by atoms with van der Waals surface area (Å²) in [6.45, 7) is 6.97. The molecule has 0 saturated carbocycles. The normalized spacial score (nSPS) is 18.6. The molecule has 0 spiro atoms. The second kappa shape index (κ2) is 7.85. The highest BCUT2D eigenvalue weighted by molar-refractivity contribution is 6.42. The number of hydrogen-bond donors (Lipinski definition) is 1. The molecule has 3 aromatic rings. The third-order valence-electron chi connectivity index (χ3n) is 5.58. The third-order valence-corrected chi connectivity index (χ3v) is 6.36. The molecular weight excluding hydrogens is 426 g/mol. The van der Waals surface area contributed by atoms with Gasteiger partial charge in [-0.1, -0.05) is 42.8 Å².